The quantitative estimate of drug-likeness (QED) is 0.569. The van der Waals surface area contributed by atoms with Crippen molar-refractivity contribution < 1.29 is 4.52 Å². The smallest absolute Gasteiger partial charge is 0.228 e. The lowest BCUT2D eigenvalue weighted by Gasteiger charge is -2.11. The molecular formula is C19H29N5O. The van der Waals surface area contributed by atoms with Gasteiger partial charge in [0, 0.05) is 25.4 Å². The highest BCUT2D eigenvalue weighted by Crippen LogP contribution is 2.11. The fourth-order valence-corrected chi connectivity index (χ4v) is 2.45. The van der Waals surface area contributed by atoms with Gasteiger partial charge in [-0.05, 0) is 24.5 Å². The minimum absolute atomic E-state index is 0.281. The van der Waals surface area contributed by atoms with Crippen LogP contribution in [-0.2, 0) is 19.4 Å². The number of benzene rings is 1. The Kier molecular flexibility index (Phi) is 7.44. The number of nitrogens with zero attached hydrogens (tertiary/aromatic N) is 3. The largest absolute Gasteiger partial charge is 0.357 e. The summed E-state index contributed by atoms with van der Waals surface area (Å²) in [6.45, 7) is 10.5. The summed E-state index contributed by atoms with van der Waals surface area (Å²) < 4.78 is 5.27. The standard InChI is InChI=1S/C19H29N5O/c1-5-15-9-7-8-10-16(15)13-22-19(20-6-2)21-12-11-17-23-18(14(3)4)24-25-17/h7-10,14H,5-6,11-13H2,1-4H3,(H2,20,21,22). The third-order valence-corrected chi connectivity index (χ3v) is 3.88. The van der Waals surface area contributed by atoms with E-state index in [2.05, 4.69) is 77.7 Å². The number of hydrogen-bond donors (Lipinski definition) is 2. The fourth-order valence-electron chi connectivity index (χ4n) is 2.45. The Bertz CT molecular complexity index is 678. The molecule has 6 heteroatoms. The molecular weight excluding hydrogens is 314 g/mol. The molecule has 0 fully saturated rings. The molecule has 0 spiro atoms. The van der Waals surface area contributed by atoms with Gasteiger partial charge in [-0.2, -0.15) is 4.98 Å². The number of aliphatic imine (C=N–C) groups is 1. The Morgan fingerprint density at radius 2 is 1.92 bits per heavy atom. The van der Waals surface area contributed by atoms with Crippen LogP contribution in [-0.4, -0.2) is 29.2 Å². The zero-order chi connectivity index (χ0) is 18.1. The average Bonchev–Trinajstić information content (AvgIpc) is 3.09. The Labute approximate surface area is 150 Å². The van der Waals surface area contributed by atoms with E-state index in [9.17, 15) is 0 Å². The van der Waals surface area contributed by atoms with E-state index in [4.69, 9.17) is 4.52 Å². The van der Waals surface area contributed by atoms with Crippen molar-refractivity contribution >= 4 is 5.96 Å². The van der Waals surface area contributed by atoms with Gasteiger partial charge in [-0.15, -0.1) is 0 Å². The van der Waals surface area contributed by atoms with Crippen LogP contribution < -0.4 is 10.6 Å². The average molecular weight is 343 g/mol. The minimum atomic E-state index is 0.281. The number of rotatable bonds is 8. The molecule has 0 bridgehead atoms. The molecule has 1 heterocycles. The first-order valence-corrected chi connectivity index (χ1v) is 9.05. The first kappa shape index (κ1) is 19.0. The summed E-state index contributed by atoms with van der Waals surface area (Å²) in [7, 11) is 0. The molecule has 0 aliphatic rings. The summed E-state index contributed by atoms with van der Waals surface area (Å²) in [5.74, 6) is 2.50. The molecule has 1 aromatic heterocycles. The van der Waals surface area contributed by atoms with Gasteiger partial charge in [-0.1, -0.05) is 50.2 Å². The molecule has 0 saturated carbocycles. The van der Waals surface area contributed by atoms with Crippen molar-refractivity contribution in [1.82, 2.24) is 20.8 Å². The maximum Gasteiger partial charge on any atom is 0.228 e. The van der Waals surface area contributed by atoms with Crippen molar-refractivity contribution in [1.29, 1.82) is 0 Å². The molecule has 2 N–H and O–H groups in total. The van der Waals surface area contributed by atoms with Crippen LogP contribution in [0.2, 0.25) is 0 Å². The highest BCUT2D eigenvalue weighted by Gasteiger charge is 2.09. The van der Waals surface area contributed by atoms with E-state index in [1.165, 1.54) is 11.1 Å². The second-order valence-corrected chi connectivity index (χ2v) is 6.20. The van der Waals surface area contributed by atoms with Crippen LogP contribution in [0.15, 0.2) is 33.8 Å². The van der Waals surface area contributed by atoms with E-state index in [-0.39, 0.29) is 5.92 Å². The Morgan fingerprint density at radius 1 is 1.16 bits per heavy atom. The molecule has 0 saturated heterocycles. The molecule has 6 nitrogen and oxygen atoms in total. The van der Waals surface area contributed by atoms with Gasteiger partial charge < -0.3 is 15.2 Å². The summed E-state index contributed by atoms with van der Waals surface area (Å²) >= 11 is 0. The lowest BCUT2D eigenvalue weighted by Crippen LogP contribution is -2.38. The zero-order valence-electron chi connectivity index (χ0n) is 15.7. The normalized spacial score (nSPS) is 11.8. The molecule has 0 atom stereocenters. The molecule has 1 aromatic carbocycles. The Morgan fingerprint density at radius 3 is 2.56 bits per heavy atom. The number of nitrogens with one attached hydrogen (secondary N) is 2. The lowest BCUT2D eigenvalue weighted by atomic mass is 10.1. The molecule has 0 radical (unpaired) electrons. The van der Waals surface area contributed by atoms with Crippen molar-refractivity contribution in [3.63, 3.8) is 0 Å². The van der Waals surface area contributed by atoms with Gasteiger partial charge in [-0.3, -0.25) is 0 Å². The first-order chi connectivity index (χ1) is 12.1. The molecule has 2 rings (SSSR count). The van der Waals surface area contributed by atoms with Crippen LogP contribution in [0.5, 0.6) is 0 Å². The third kappa shape index (κ3) is 5.89. The van der Waals surface area contributed by atoms with Crippen LogP contribution in [0.1, 0.15) is 56.5 Å². The van der Waals surface area contributed by atoms with Gasteiger partial charge in [0.15, 0.2) is 11.8 Å². The van der Waals surface area contributed by atoms with E-state index >= 15 is 0 Å². The number of guanidine groups is 1. The van der Waals surface area contributed by atoms with Crippen LogP contribution >= 0.6 is 0 Å². The maximum atomic E-state index is 5.27. The van der Waals surface area contributed by atoms with Gasteiger partial charge in [0.2, 0.25) is 5.89 Å². The molecule has 25 heavy (non-hydrogen) atoms. The second kappa shape index (κ2) is 9.81. The van der Waals surface area contributed by atoms with Crippen LogP contribution in [0.25, 0.3) is 0 Å². The van der Waals surface area contributed by atoms with E-state index in [1.807, 2.05) is 0 Å². The molecule has 0 unspecified atom stereocenters. The van der Waals surface area contributed by atoms with E-state index in [1.54, 1.807) is 0 Å². The van der Waals surface area contributed by atoms with Gasteiger partial charge in [0.25, 0.3) is 0 Å². The second-order valence-electron chi connectivity index (χ2n) is 6.20. The topological polar surface area (TPSA) is 75.3 Å². The Balaban J connectivity index is 1.90. The fraction of sp³-hybridized carbons (Fsp3) is 0.526. The van der Waals surface area contributed by atoms with Crippen LogP contribution in [0.4, 0.5) is 0 Å². The SMILES string of the molecule is CCNC(=NCc1ccccc1CC)NCCc1nc(C(C)C)no1. The highest BCUT2D eigenvalue weighted by atomic mass is 16.5. The Hall–Kier alpha value is -2.37. The first-order valence-electron chi connectivity index (χ1n) is 9.05. The van der Waals surface area contributed by atoms with Crippen molar-refractivity contribution in [2.45, 2.75) is 53.0 Å². The van der Waals surface area contributed by atoms with Crippen molar-refractivity contribution in [3.05, 3.63) is 47.1 Å². The number of hydrogen-bond acceptors (Lipinski definition) is 4. The predicted molar refractivity (Wildman–Crippen MR) is 101 cm³/mol. The van der Waals surface area contributed by atoms with Crippen LogP contribution in [0.3, 0.4) is 0 Å². The molecule has 0 aliphatic carbocycles. The van der Waals surface area contributed by atoms with Gasteiger partial charge in [-0.25, -0.2) is 4.99 Å². The predicted octanol–water partition coefficient (Wildman–Crippen LogP) is 3.05. The van der Waals surface area contributed by atoms with Crippen LogP contribution in [0, 0.1) is 0 Å². The molecule has 0 amide bonds. The maximum absolute atomic E-state index is 5.27. The van der Waals surface area contributed by atoms with E-state index in [0.717, 1.165) is 24.7 Å². The molecule has 0 aliphatic heterocycles. The molecule has 2 aromatic rings. The van der Waals surface area contributed by atoms with Crippen molar-refractivity contribution in [2.24, 2.45) is 4.99 Å². The summed E-state index contributed by atoms with van der Waals surface area (Å²) in [4.78, 5) is 9.08. The lowest BCUT2D eigenvalue weighted by molar-refractivity contribution is 0.371. The molecule has 136 valence electrons. The zero-order valence-corrected chi connectivity index (χ0v) is 15.7. The summed E-state index contributed by atoms with van der Waals surface area (Å²) in [5, 5.41) is 10.6. The number of aryl methyl sites for hydroxylation is 1. The van der Waals surface area contributed by atoms with E-state index in [0.29, 0.717) is 25.4 Å². The third-order valence-electron chi connectivity index (χ3n) is 3.88. The summed E-state index contributed by atoms with van der Waals surface area (Å²) in [6, 6.07) is 8.43. The van der Waals surface area contributed by atoms with Gasteiger partial charge >= 0.3 is 0 Å². The minimum Gasteiger partial charge on any atom is -0.357 e. The highest BCUT2D eigenvalue weighted by molar-refractivity contribution is 5.79. The monoisotopic (exact) mass is 343 g/mol. The van der Waals surface area contributed by atoms with Gasteiger partial charge in [0.05, 0.1) is 6.54 Å². The van der Waals surface area contributed by atoms with Crippen molar-refractivity contribution in [2.75, 3.05) is 13.1 Å². The van der Waals surface area contributed by atoms with E-state index < -0.39 is 0 Å². The van der Waals surface area contributed by atoms with Gasteiger partial charge in [0.1, 0.15) is 0 Å². The summed E-state index contributed by atoms with van der Waals surface area (Å²) in [6.07, 6.45) is 1.70. The summed E-state index contributed by atoms with van der Waals surface area (Å²) in [5.41, 5.74) is 2.61. The van der Waals surface area contributed by atoms with Crippen molar-refractivity contribution in [3.8, 4) is 0 Å². The number of aromatic nitrogens is 2.